The van der Waals surface area contributed by atoms with Gasteiger partial charge in [-0.15, -0.1) is 29.7 Å². The number of hydrogen-bond donors (Lipinski definition) is 4. The fraction of sp³-hybridized carbons (Fsp3) is 1.00. The number of nitrogens with zero attached hydrogens (tertiary/aromatic N) is 1. The molecule has 5 N–H and O–H groups in total. The van der Waals surface area contributed by atoms with Crippen molar-refractivity contribution in [2.75, 3.05) is 37.9 Å². The molecule has 9 heteroatoms. The number of rotatable bonds is 10. The van der Waals surface area contributed by atoms with E-state index >= 15 is 0 Å². The van der Waals surface area contributed by atoms with Crippen molar-refractivity contribution in [2.45, 2.75) is 66.0 Å². The summed E-state index contributed by atoms with van der Waals surface area (Å²) in [6, 6.07) is 0. The summed E-state index contributed by atoms with van der Waals surface area (Å²) in [5, 5.41) is 35.3. The van der Waals surface area contributed by atoms with Crippen molar-refractivity contribution in [3.8, 4) is 0 Å². The van der Waals surface area contributed by atoms with Gasteiger partial charge in [-0.1, -0.05) is 13.8 Å². The standard InChI is InChI=1S/C6H13Cl2N2.2C6H14O2.Co/c7-1-4-10(5-2-8)6-3-9;2*1-4(5(2)7)6(3)8;/h9H,1-6H2;2*4-8H,1-3H3;/q-1;;;+2. The molecule has 0 aromatic rings. The SMILES string of the molecule is CC(O)C(C)C(C)O.CC(O)C(C)C(C)O.[Co+2].[NH-]CCN(CCCl)CCCl. The minimum Gasteiger partial charge on any atom is -0.676 e. The molecule has 4 unspecified atom stereocenters. The number of hydrogen-bond acceptors (Lipinski definition) is 5. The molecule has 0 fully saturated rings. The first-order valence-corrected chi connectivity index (χ1v) is 10.2. The van der Waals surface area contributed by atoms with Crippen LogP contribution in [-0.4, -0.2) is 87.7 Å². The predicted molar refractivity (Wildman–Crippen MR) is 112 cm³/mol. The van der Waals surface area contributed by atoms with Crippen LogP contribution in [0.1, 0.15) is 41.5 Å². The van der Waals surface area contributed by atoms with E-state index < -0.39 is 24.4 Å². The predicted octanol–water partition coefficient (Wildman–Crippen LogP) is 2.58. The largest absolute Gasteiger partial charge is 2.00 e. The molecule has 0 saturated heterocycles. The van der Waals surface area contributed by atoms with Gasteiger partial charge in [0.15, 0.2) is 0 Å². The van der Waals surface area contributed by atoms with Crippen molar-refractivity contribution in [1.82, 2.24) is 4.90 Å². The Bertz CT molecular complexity index is 242. The summed E-state index contributed by atoms with van der Waals surface area (Å²) < 4.78 is 0. The molecule has 27 heavy (non-hydrogen) atoms. The second-order valence-electron chi connectivity index (χ2n) is 6.65. The maximum Gasteiger partial charge on any atom is 2.00 e. The van der Waals surface area contributed by atoms with Gasteiger partial charge in [0.2, 0.25) is 0 Å². The van der Waals surface area contributed by atoms with Crippen LogP contribution in [-0.2, 0) is 16.8 Å². The maximum absolute atomic E-state index is 8.83. The summed E-state index contributed by atoms with van der Waals surface area (Å²) in [6.45, 7) is 13.2. The van der Waals surface area contributed by atoms with Gasteiger partial charge >= 0.3 is 16.8 Å². The molecule has 6 nitrogen and oxygen atoms in total. The zero-order chi connectivity index (χ0) is 21.3. The summed E-state index contributed by atoms with van der Waals surface area (Å²) in [6.07, 6.45) is -1.63. The molecule has 0 spiro atoms. The third-order valence-electron chi connectivity index (χ3n) is 4.27. The second-order valence-corrected chi connectivity index (χ2v) is 7.41. The Morgan fingerprint density at radius 3 is 1.04 bits per heavy atom. The molecule has 0 rings (SSSR count). The van der Waals surface area contributed by atoms with Gasteiger partial charge in [-0.25, -0.2) is 0 Å². The third kappa shape index (κ3) is 24.8. The summed E-state index contributed by atoms with van der Waals surface area (Å²) >= 11 is 11.0. The van der Waals surface area contributed by atoms with Gasteiger partial charge in [-0.2, -0.15) is 0 Å². The quantitative estimate of drug-likeness (QED) is 0.361. The van der Waals surface area contributed by atoms with Crippen LogP contribution in [0.15, 0.2) is 0 Å². The minimum absolute atomic E-state index is 0. The van der Waals surface area contributed by atoms with E-state index in [1.807, 2.05) is 13.8 Å². The van der Waals surface area contributed by atoms with Gasteiger partial charge in [-0.3, -0.25) is 0 Å². The van der Waals surface area contributed by atoms with Crippen LogP contribution in [0.2, 0.25) is 0 Å². The smallest absolute Gasteiger partial charge is 0.676 e. The van der Waals surface area contributed by atoms with Crippen LogP contribution >= 0.6 is 23.2 Å². The van der Waals surface area contributed by atoms with Crippen LogP contribution in [0.5, 0.6) is 0 Å². The average Bonchev–Trinajstić information content (AvgIpc) is 2.54. The molecule has 0 heterocycles. The summed E-state index contributed by atoms with van der Waals surface area (Å²) in [5.74, 6) is 1.21. The van der Waals surface area contributed by atoms with Gasteiger partial charge in [0.1, 0.15) is 0 Å². The molecular weight excluding hydrogens is 438 g/mol. The number of aliphatic hydroxyl groups excluding tert-OH is 4. The molecule has 0 aliphatic heterocycles. The van der Waals surface area contributed by atoms with Gasteiger partial charge in [0.05, 0.1) is 24.4 Å². The Morgan fingerprint density at radius 1 is 0.667 bits per heavy atom. The van der Waals surface area contributed by atoms with E-state index in [1.165, 1.54) is 0 Å². The van der Waals surface area contributed by atoms with Gasteiger partial charge in [0, 0.05) is 36.7 Å². The molecule has 0 saturated carbocycles. The van der Waals surface area contributed by atoms with Crippen LogP contribution in [0.25, 0.3) is 5.73 Å². The fourth-order valence-electron chi connectivity index (χ4n) is 1.54. The van der Waals surface area contributed by atoms with Gasteiger partial charge < -0.3 is 31.1 Å². The molecule has 4 atom stereocenters. The molecule has 1 radical (unpaired) electrons. The van der Waals surface area contributed by atoms with Crippen molar-refractivity contribution in [3.63, 3.8) is 0 Å². The third-order valence-corrected chi connectivity index (χ3v) is 4.61. The van der Waals surface area contributed by atoms with E-state index in [9.17, 15) is 0 Å². The van der Waals surface area contributed by atoms with Crippen molar-refractivity contribution in [2.24, 2.45) is 11.8 Å². The van der Waals surface area contributed by atoms with Crippen molar-refractivity contribution in [3.05, 3.63) is 5.73 Å². The Labute approximate surface area is 186 Å². The van der Waals surface area contributed by atoms with Crippen molar-refractivity contribution in [1.29, 1.82) is 0 Å². The van der Waals surface area contributed by atoms with E-state index in [0.29, 0.717) is 18.3 Å². The van der Waals surface area contributed by atoms with Crippen molar-refractivity contribution < 1.29 is 37.2 Å². The van der Waals surface area contributed by atoms with E-state index in [2.05, 4.69) is 4.90 Å². The summed E-state index contributed by atoms with van der Waals surface area (Å²) in [5.41, 5.74) is 6.96. The topological polar surface area (TPSA) is 108 Å². The first-order chi connectivity index (χ1) is 12.0. The Morgan fingerprint density at radius 2 is 0.926 bits per heavy atom. The number of nitrogens with one attached hydrogen (secondary N) is 1. The Hall–Kier alpha value is 0.846. The molecule has 0 aromatic heterocycles. The molecule has 0 aliphatic carbocycles. The molecule has 0 aliphatic rings. The zero-order valence-electron chi connectivity index (χ0n) is 17.5. The fourth-order valence-corrected chi connectivity index (χ4v) is 2.02. The van der Waals surface area contributed by atoms with E-state index in [1.54, 1.807) is 27.7 Å². The normalized spacial score (nSPS) is 17.1. The number of alkyl halides is 2. The monoisotopic (exact) mass is 478 g/mol. The molecule has 169 valence electrons. The first-order valence-electron chi connectivity index (χ1n) is 9.17. The van der Waals surface area contributed by atoms with Crippen molar-refractivity contribution >= 4 is 23.2 Å². The van der Waals surface area contributed by atoms with E-state index in [4.69, 9.17) is 49.4 Å². The van der Waals surface area contributed by atoms with E-state index in [0.717, 1.165) is 19.6 Å². The van der Waals surface area contributed by atoms with Gasteiger partial charge in [-0.05, 0) is 34.2 Å². The van der Waals surface area contributed by atoms with Crippen LogP contribution in [0, 0.1) is 11.8 Å². The minimum atomic E-state index is -0.407. The van der Waals surface area contributed by atoms with Crippen LogP contribution in [0.3, 0.4) is 0 Å². The summed E-state index contributed by atoms with van der Waals surface area (Å²) in [4.78, 5) is 2.09. The molecule has 0 bridgehead atoms. The van der Waals surface area contributed by atoms with Crippen LogP contribution < -0.4 is 0 Å². The molecular formula is C18H41Cl2CoN2O4+. The second kappa shape index (κ2) is 23.1. The Balaban J connectivity index is -0.000000146. The molecule has 0 aromatic carbocycles. The van der Waals surface area contributed by atoms with E-state index in [-0.39, 0.29) is 28.6 Å². The molecule has 0 amide bonds. The average molecular weight is 479 g/mol. The Kier molecular flexibility index (Phi) is 30.2. The van der Waals surface area contributed by atoms with Gasteiger partial charge in [0.25, 0.3) is 0 Å². The first kappa shape index (κ1) is 35.3. The number of aliphatic hydroxyl groups is 4. The maximum atomic E-state index is 8.83. The zero-order valence-corrected chi connectivity index (χ0v) is 20.1. The number of halogens is 2. The summed E-state index contributed by atoms with van der Waals surface area (Å²) in [7, 11) is 0. The van der Waals surface area contributed by atoms with Crippen LogP contribution in [0.4, 0.5) is 0 Å².